The van der Waals surface area contributed by atoms with Gasteiger partial charge >= 0.3 is 0 Å². The predicted octanol–water partition coefficient (Wildman–Crippen LogP) is 2.02. The zero-order chi connectivity index (χ0) is 13.1. The summed E-state index contributed by atoms with van der Waals surface area (Å²) < 4.78 is 0. The Hall–Kier alpha value is -0.410. The number of carbonyl (C=O) groups is 1. The van der Waals surface area contributed by atoms with Gasteiger partial charge in [0.25, 0.3) is 0 Å². The van der Waals surface area contributed by atoms with E-state index >= 15 is 0 Å². The molecule has 0 spiro atoms. The van der Waals surface area contributed by atoms with Crippen molar-refractivity contribution < 1.29 is 4.79 Å². The van der Waals surface area contributed by atoms with Gasteiger partial charge in [0.15, 0.2) is 0 Å². The summed E-state index contributed by atoms with van der Waals surface area (Å²) in [4.78, 5) is 16.6. The first-order chi connectivity index (χ1) is 7.78. The van der Waals surface area contributed by atoms with E-state index < -0.39 is 0 Å². The van der Waals surface area contributed by atoms with Gasteiger partial charge in [-0.15, -0.1) is 0 Å². The Labute approximate surface area is 106 Å². The Kier molecular flexibility index (Phi) is 5.14. The highest BCUT2D eigenvalue weighted by atomic mass is 16.1. The molecule has 17 heavy (non-hydrogen) atoms. The topological polar surface area (TPSA) is 23.6 Å². The van der Waals surface area contributed by atoms with Crippen LogP contribution < -0.4 is 0 Å². The fourth-order valence-electron chi connectivity index (χ4n) is 2.20. The Morgan fingerprint density at radius 2 is 1.88 bits per heavy atom. The van der Waals surface area contributed by atoms with Crippen molar-refractivity contribution >= 4 is 5.78 Å². The molecule has 0 aromatic carbocycles. The normalized spacial score (nSPS) is 23.9. The summed E-state index contributed by atoms with van der Waals surface area (Å²) in [5, 5.41) is 0. The lowest BCUT2D eigenvalue weighted by molar-refractivity contribution is -0.121. The first-order valence-electron chi connectivity index (χ1n) is 6.68. The molecule has 100 valence electrons. The molecule has 1 aliphatic rings. The average molecular weight is 240 g/mol. The van der Waals surface area contributed by atoms with Crippen molar-refractivity contribution in [3.8, 4) is 0 Å². The number of hydrogen-bond acceptors (Lipinski definition) is 3. The van der Waals surface area contributed by atoms with Crippen molar-refractivity contribution in [2.24, 2.45) is 5.41 Å². The smallest absolute Gasteiger partial charge is 0.134 e. The van der Waals surface area contributed by atoms with Crippen LogP contribution in [0.4, 0.5) is 0 Å². The molecule has 1 fully saturated rings. The van der Waals surface area contributed by atoms with Gasteiger partial charge in [-0.1, -0.05) is 20.8 Å². The predicted molar refractivity (Wildman–Crippen MR) is 72.2 cm³/mol. The second-order valence-electron chi connectivity index (χ2n) is 6.70. The molecule has 0 aromatic heterocycles. The monoisotopic (exact) mass is 240 g/mol. The van der Waals surface area contributed by atoms with E-state index in [4.69, 9.17) is 0 Å². The fourth-order valence-corrected chi connectivity index (χ4v) is 2.20. The highest BCUT2D eigenvalue weighted by Gasteiger charge is 2.24. The molecule has 0 saturated carbocycles. The zero-order valence-corrected chi connectivity index (χ0v) is 12.1. The van der Waals surface area contributed by atoms with Crippen LogP contribution in [-0.4, -0.2) is 55.4 Å². The van der Waals surface area contributed by atoms with Gasteiger partial charge in [-0.3, -0.25) is 4.79 Å². The molecule has 0 amide bonds. The Balaban J connectivity index is 2.34. The van der Waals surface area contributed by atoms with E-state index in [0.717, 1.165) is 38.9 Å². The standard InChI is InChI=1S/C14H28N2O/c1-14(2,3)7-6-13(17)10-12-11-15(4)8-9-16(12)5/h12H,6-11H2,1-5H3. The van der Waals surface area contributed by atoms with Gasteiger partial charge in [-0.05, 0) is 25.9 Å². The maximum atomic E-state index is 12.0. The van der Waals surface area contributed by atoms with Gasteiger partial charge in [-0.2, -0.15) is 0 Å². The maximum absolute atomic E-state index is 12.0. The third-order valence-electron chi connectivity index (χ3n) is 3.60. The summed E-state index contributed by atoms with van der Waals surface area (Å²) in [6.45, 7) is 9.80. The molecule has 1 unspecified atom stereocenters. The summed E-state index contributed by atoms with van der Waals surface area (Å²) in [5.74, 6) is 0.423. The summed E-state index contributed by atoms with van der Waals surface area (Å²) in [6.07, 6.45) is 2.45. The third-order valence-corrected chi connectivity index (χ3v) is 3.60. The first kappa shape index (κ1) is 14.7. The van der Waals surface area contributed by atoms with Crippen LogP contribution in [0.15, 0.2) is 0 Å². The molecule has 0 radical (unpaired) electrons. The number of piperazine rings is 1. The van der Waals surface area contributed by atoms with Gasteiger partial charge in [0, 0.05) is 38.5 Å². The Bertz CT molecular complexity index is 257. The Morgan fingerprint density at radius 3 is 2.47 bits per heavy atom. The van der Waals surface area contributed by atoms with Gasteiger partial charge < -0.3 is 9.80 Å². The van der Waals surface area contributed by atoms with Gasteiger partial charge in [0.05, 0.1) is 0 Å². The third kappa shape index (κ3) is 5.64. The number of nitrogens with zero attached hydrogens (tertiary/aromatic N) is 2. The maximum Gasteiger partial charge on any atom is 0.134 e. The fraction of sp³-hybridized carbons (Fsp3) is 0.929. The molecule has 1 rings (SSSR count). The van der Waals surface area contributed by atoms with Crippen LogP contribution in [0, 0.1) is 5.41 Å². The van der Waals surface area contributed by atoms with Crippen LogP contribution in [0.3, 0.4) is 0 Å². The molecule has 3 heteroatoms. The van der Waals surface area contributed by atoms with Gasteiger partial charge in [0.2, 0.25) is 0 Å². The average Bonchev–Trinajstić information content (AvgIpc) is 2.20. The van der Waals surface area contributed by atoms with Crippen LogP contribution in [-0.2, 0) is 4.79 Å². The minimum absolute atomic E-state index is 0.269. The van der Waals surface area contributed by atoms with Crippen LogP contribution >= 0.6 is 0 Å². The van der Waals surface area contributed by atoms with Crippen molar-refractivity contribution in [2.75, 3.05) is 33.7 Å². The quantitative estimate of drug-likeness (QED) is 0.751. The van der Waals surface area contributed by atoms with Gasteiger partial charge in [0.1, 0.15) is 5.78 Å². The minimum Gasteiger partial charge on any atom is -0.304 e. The van der Waals surface area contributed by atoms with Crippen LogP contribution in [0.5, 0.6) is 0 Å². The van der Waals surface area contributed by atoms with E-state index in [9.17, 15) is 4.79 Å². The molecule has 1 heterocycles. The molecular weight excluding hydrogens is 212 g/mol. The molecule has 3 nitrogen and oxygen atoms in total. The molecule has 0 aliphatic carbocycles. The van der Waals surface area contributed by atoms with Crippen molar-refractivity contribution in [2.45, 2.75) is 46.1 Å². The number of Topliss-reactive ketones (excluding diaryl/α,β-unsaturated/α-hetero) is 1. The summed E-state index contributed by atoms with van der Waals surface area (Å²) in [5.41, 5.74) is 0.269. The number of rotatable bonds is 4. The SMILES string of the molecule is CN1CCN(C)C(CC(=O)CCC(C)(C)C)C1. The summed E-state index contributed by atoms with van der Waals surface area (Å²) in [7, 11) is 4.27. The number of ketones is 1. The van der Waals surface area contributed by atoms with E-state index in [2.05, 4.69) is 44.7 Å². The lowest BCUT2D eigenvalue weighted by Crippen LogP contribution is -2.50. The van der Waals surface area contributed by atoms with Gasteiger partial charge in [-0.25, -0.2) is 0 Å². The molecule has 1 aliphatic heterocycles. The number of likely N-dealkylation sites (N-methyl/N-ethyl adjacent to an activating group) is 2. The van der Waals surface area contributed by atoms with E-state index in [0.29, 0.717) is 11.8 Å². The van der Waals surface area contributed by atoms with Crippen molar-refractivity contribution in [1.29, 1.82) is 0 Å². The lowest BCUT2D eigenvalue weighted by Gasteiger charge is -2.37. The van der Waals surface area contributed by atoms with Crippen molar-refractivity contribution in [3.05, 3.63) is 0 Å². The second kappa shape index (κ2) is 5.96. The molecule has 0 aromatic rings. The summed E-state index contributed by atoms with van der Waals surface area (Å²) >= 11 is 0. The minimum atomic E-state index is 0.269. The van der Waals surface area contributed by atoms with E-state index in [-0.39, 0.29) is 5.41 Å². The molecular formula is C14H28N2O. The lowest BCUT2D eigenvalue weighted by atomic mass is 9.88. The highest BCUT2D eigenvalue weighted by Crippen LogP contribution is 2.22. The molecule has 1 atom stereocenters. The first-order valence-corrected chi connectivity index (χ1v) is 6.68. The largest absolute Gasteiger partial charge is 0.304 e. The van der Waals surface area contributed by atoms with E-state index in [1.54, 1.807) is 0 Å². The van der Waals surface area contributed by atoms with Crippen molar-refractivity contribution in [1.82, 2.24) is 9.80 Å². The zero-order valence-electron chi connectivity index (χ0n) is 12.1. The number of carbonyl (C=O) groups excluding carboxylic acids is 1. The van der Waals surface area contributed by atoms with E-state index in [1.807, 2.05) is 0 Å². The molecule has 0 N–H and O–H groups in total. The van der Waals surface area contributed by atoms with Crippen LogP contribution in [0.1, 0.15) is 40.0 Å². The highest BCUT2D eigenvalue weighted by molar-refractivity contribution is 5.79. The molecule has 0 bridgehead atoms. The number of hydrogen-bond donors (Lipinski definition) is 0. The second-order valence-corrected chi connectivity index (χ2v) is 6.70. The van der Waals surface area contributed by atoms with Crippen LogP contribution in [0.2, 0.25) is 0 Å². The van der Waals surface area contributed by atoms with E-state index in [1.165, 1.54) is 0 Å². The van der Waals surface area contributed by atoms with Crippen molar-refractivity contribution in [3.63, 3.8) is 0 Å². The molecule has 1 saturated heterocycles. The van der Waals surface area contributed by atoms with Crippen LogP contribution in [0.25, 0.3) is 0 Å². The Morgan fingerprint density at radius 1 is 1.24 bits per heavy atom. The summed E-state index contributed by atoms with van der Waals surface area (Å²) in [6, 6.07) is 0.418.